The second-order valence-electron chi connectivity index (χ2n) is 6.86. The normalized spacial score (nSPS) is 20.4. The zero-order valence-electron chi connectivity index (χ0n) is 14.4. The van der Waals surface area contributed by atoms with Crippen LogP contribution < -0.4 is 0 Å². The number of benzene rings is 1. The largest absolute Gasteiger partial charge is 0.469 e. The molecule has 0 bridgehead atoms. The number of rotatable bonds is 2. The molecule has 128 valence electrons. The maximum Gasteiger partial charge on any atom is 0.410 e. The second-order valence-corrected chi connectivity index (χ2v) is 6.86. The van der Waals surface area contributed by atoms with Gasteiger partial charge in [0.2, 0.25) is 0 Å². The summed E-state index contributed by atoms with van der Waals surface area (Å²) >= 11 is 0. The minimum absolute atomic E-state index is 0.224. The summed E-state index contributed by atoms with van der Waals surface area (Å²) in [6.45, 7) is 5.98. The highest BCUT2D eigenvalue weighted by atomic mass is 16.6. The van der Waals surface area contributed by atoms with Crippen molar-refractivity contribution in [2.45, 2.75) is 32.3 Å². The Morgan fingerprint density at radius 2 is 2.00 bits per heavy atom. The molecule has 1 fully saturated rings. The van der Waals surface area contributed by atoms with Gasteiger partial charge in [0.25, 0.3) is 0 Å². The molecule has 2 atom stereocenters. The number of nitrogens with zero attached hydrogens (tertiary/aromatic N) is 2. The second kappa shape index (κ2) is 6.91. The number of methoxy groups -OCH3 is 1. The molecular weight excluding hydrogens is 308 g/mol. The third-order valence-corrected chi connectivity index (χ3v) is 3.92. The number of carbonyl (C=O) groups is 2. The van der Waals surface area contributed by atoms with Gasteiger partial charge in [0.05, 0.1) is 24.7 Å². The lowest BCUT2D eigenvalue weighted by Gasteiger charge is -2.24. The van der Waals surface area contributed by atoms with Gasteiger partial charge in [-0.15, -0.1) is 0 Å². The molecule has 0 N–H and O–H groups in total. The Hall–Kier alpha value is -2.55. The molecule has 6 heteroatoms. The van der Waals surface area contributed by atoms with Crippen molar-refractivity contribution in [3.63, 3.8) is 0 Å². The van der Waals surface area contributed by atoms with E-state index in [1.165, 1.54) is 12.0 Å². The molecule has 2 rings (SSSR count). The minimum atomic E-state index is -0.601. The zero-order chi connectivity index (χ0) is 17.9. The van der Waals surface area contributed by atoms with E-state index in [0.29, 0.717) is 12.1 Å². The summed E-state index contributed by atoms with van der Waals surface area (Å²) in [7, 11) is 1.33. The summed E-state index contributed by atoms with van der Waals surface area (Å²) in [5, 5.41) is 9.07. The topological polar surface area (TPSA) is 79.6 Å². The maximum atomic E-state index is 12.3. The van der Waals surface area contributed by atoms with Crippen molar-refractivity contribution < 1.29 is 19.1 Å². The summed E-state index contributed by atoms with van der Waals surface area (Å²) in [5.41, 5.74) is 0.763. The summed E-state index contributed by atoms with van der Waals surface area (Å²) in [5.74, 6) is -1.07. The van der Waals surface area contributed by atoms with E-state index in [1.807, 2.05) is 6.07 Å². The van der Waals surface area contributed by atoms with Crippen LogP contribution in [0, 0.1) is 17.2 Å². The van der Waals surface area contributed by atoms with Crippen LogP contribution in [-0.2, 0) is 14.3 Å². The SMILES string of the molecule is COC(=O)C1CN(C(=O)OC(C)(C)C)CC1c1cccc(C#N)c1. The lowest BCUT2D eigenvalue weighted by molar-refractivity contribution is -0.145. The highest BCUT2D eigenvalue weighted by Gasteiger charge is 2.42. The summed E-state index contributed by atoms with van der Waals surface area (Å²) in [4.78, 5) is 26.0. The van der Waals surface area contributed by atoms with Gasteiger partial charge < -0.3 is 14.4 Å². The molecule has 1 aromatic carbocycles. The molecule has 1 aliphatic heterocycles. The highest BCUT2D eigenvalue weighted by molar-refractivity contribution is 5.77. The van der Waals surface area contributed by atoms with Gasteiger partial charge in [-0.25, -0.2) is 4.79 Å². The predicted molar refractivity (Wildman–Crippen MR) is 87.2 cm³/mol. The van der Waals surface area contributed by atoms with Crippen molar-refractivity contribution in [2.75, 3.05) is 20.2 Å². The lowest BCUT2D eigenvalue weighted by atomic mass is 9.88. The standard InChI is InChI=1S/C18H22N2O4/c1-18(2,3)24-17(22)20-10-14(15(11-20)16(21)23-4)13-7-5-6-12(8-13)9-19/h5-8,14-15H,10-11H2,1-4H3. The van der Waals surface area contributed by atoms with E-state index in [4.69, 9.17) is 14.7 Å². The molecule has 0 spiro atoms. The fourth-order valence-electron chi connectivity index (χ4n) is 2.85. The number of carbonyl (C=O) groups excluding carboxylic acids is 2. The van der Waals surface area contributed by atoms with E-state index < -0.39 is 17.6 Å². The Kier molecular flexibility index (Phi) is 5.13. The Labute approximate surface area is 142 Å². The van der Waals surface area contributed by atoms with Crippen molar-refractivity contribution in [2.24, 2.45) is 5.92 Å². The van der Waals surface area contributed by atoms with E-state index in [9.17, 15) is 9.59 Å². The number of esters is 1. The lowest BCUT2D eigenvalue weighted by Crippen LogP contribution is -2.36. The van der Waals surface area contributed by atoms with Gasteiger partial charge in [0, 0.05) is 19.0 Å². The Balaban J connectivity index is 2.26. The number of ether oxygens (including phenoxy) is 2. The van der Waals surface area contributed by atoms with Crippen molar-refractivity contribution in [1.29, 1.82) is 5.26 Å². The minimum Gasteiger partial charge on any atom is -0.469 e. The number of likely N-dealkylation sites (tertiary alicyclic amines) is 1. The van der Waals surface area contributed by atoms with E-state index in [0.717, 1.165) is 5.56 Å². The molecule has 2 unspecified atom stereocenters. The molecule has 6 nitrogen and oxygen atoms in total. The molecule has 1 amide bonds. The predicted octanol–water partition coefficient (Wildman–Crippen LogP) is 2.68. The van der Waals surface area contributed by atoms with Gasteiger partial charge >= 0.3 is 12.1 Å². The average molecular weight is 330 g/mol. The fourth-order valence-corrected chi connectivity index (χ4v) is 2.85. The van der Waals surface area contributed by atoms with Gasteiger partial charge in [-0.1, -0.05) is 12.1 Å². The fraction of sp³-hybridized carbons (Fsp3) is 0.500. The first-order valence-corrected chi connectivity index (χ1v) is 7.81. The van der Waals surface area contributed by atoms with Gasteiger partial charge in [-0.3, -0.25) is 4.79 Å². The highest BCUT2D eigenvalue weighted by Crippen LogP contribution is 2.34. The Morgan fingerprint density at radius 3 is 2.58 bits per heavy atom. The van der Waals surface area contributed by atoms with Crippen LogP contribution >= 0.6 is 0 Å². The van der Waals surface area contributed by atoms with Crippen molar-refractivity contribution >= 4 is 12.1 Å². The van der Waals surface area contributed by atoms with Gasteiger partial charge in [0.15, 0.2) is 0 Å². The summed E-state index contributed by atoms with van der Waals surface area (Å²) in [6, 6.07) is 9.18. The quantitative estimate of drug-likeness (QED) is 0.779. The average Bonchev–Trinajstić information content (AvgIpc) is 2.98. The number of hydrogen-bond donors (Lipinski definition) is 0. The molecule has 1 aromatic rings. The molecule has 24 heavy (non-hydrogen) atoms. The molecule has 0 aromatic heterocycles. The molecule has 1 aliphatic rings. The first-order chi connectivity index (χ1) is 11.2. The molecule has 0 radical (unpaired) electrons. The van der Waals surface area contributed by atoms with Gasteiger partial charge in [0.1, 0.15) is 5.60 Å². The first kappa shape index (κ1) is 17.8. The maximum absolute atomic E-state index is 12.3. The van der Waals surface area contributed by atoms with Crippen LogP contribution in [-0.4, -0.2) is 42.8 Å². The van der Waals surface area contributed by atoms with Crippen molar-refractivity contribution in [3.8, 4) is 6.07 Å². The van der Waals surface area contributed by atoms with E-state index in [1.54, 1.807) is 39.0 Å². The molecular formula is C18H22N2O4. The van der Waals surface area contributed by atoms with E-state index in [2.05, 4.69) is 6.07 Å². The Morgan fingerprint density at radius 1 is 1.29 bits per heavy atom. The van der Waals surface area contributed by atoms with Crippen LogP contribution in [0.25, 0.3) is 0 Å². The first-order valence-electron chi connectivity index (χ1n) is 7.81. The van der Waals surface area contributed by atoms with E-state index >= 15 is 0 Å². The summed E-state index contributed by atoms with van der Waals surface area (Å²) in [6.07, 6.45) is -0.449. The van der Waals surface area contributed by atoms with Gasteiger partial charge in [-0.2, -0.15) is 5.26 Å². The third kappa shape index (κ3) is 4.05. The molecule has 0 saturated carbocycles. The van der Waals surface area contributed by atoms with Crippen molar-refractivity contribution in [3.05, 3.63) is 35.4 Å². The molecule has 1 heterocycles. The third-order valence-electron chi connectivity index (χ3n) is 3.92. The smallest absolute Gasteiger partial charge is 0.410 e. The van der Waals surface area contributed by atoms with Gasteiger partial charge in [-0.05, 0) is 38.5 Å². The van der Waals surface area contributed by atoms with Crippen LogP contribution in [0.15, 0.2) is 24.3 Å². The monoisotopic (exact) mass is 330 g/mol. The number of nitriles is 1. The molecule has 0 aliphatic carbocycles. The summed E-state index contributed by atoms with van der Waals surface area (Å²) < 4.78 is 10.3. The molecule has 1 saturated heterocycles. The van der Waals surface area contributed by atoms with Crippen molar-refractivity contribution in [1.82, 2.24) is 4.90 Å². The van der Waals surface area contributed by atoms with Crippen LogP contribution in [0.3, 0.4) is 0 Å². The van der Waals surface area contributed by atoms with E-state index in [-0.39, 0.29) is 18.4 Å². The van der Waals surface area contributed by atoms with Crippen LogP contribution in [0.2, 0.25) is 0 Å². The van der Waals surface area contributed by atoms with Crippen LogP contribution in [0.1, 0.15) is 37.8 Å². The Bertz CT molecular complexity index is 672. The number of amides is 1. The zero-order valence-corrected chi connectivity index (χ0v) is 14.4. The number of hydrogen-bond acceptors (Lipinski definition) is 5. The van der Waals surface area contributed by atoms with Crippen LogP contribution in [0.5, 0.6) is 0 Å². The van der Waals surface area contributed by atoms with Crippen LogP contribution in [0.4, 0.5) is 4.79 Å².